The molecule has 0 saturated carbocycles. The summed E-state index contributed by atoms with van der Waals surface area (Å²) >= 11 is 9.39. The quantitative estimate of drug-likeness (QED) is 0.676. The van der Waals surface area contributed by atoms with Gasteiger partial charge in [-0.1, -0.05) is 51.8 Å². The molecule has 7 heteroatoms. The molecular formula is C18H16BrClN4O. The van der Waals surface area contributed by atoms with Gasteiger partial charge < -0.3 is 10.0 Å². The molecule has 1 N–H and O–H groups in total. The second-order valence-electron chi connectivity index (χ2n) is 5.47. The van der Waals surface area contributed by atoms with Crippen molar-refractivity contribution < 1.29 is 5.11 Å². The third kappa shape index (κ3) is 4.15. The Balaban J connectivity index is 2.08. The molecule has 128 valence electrons. The highest BCUT2D eigenvalue weighted by atomic mass is 79.9. The van der Waals surface area contributed by atoms with Gasteiger partial charge in [0.2, 0.25) is 0 Å². The van der Waals surface area contributed by atoms with Crippen molar-refractivity contribution in [1.29, 1.82) is 0 Å². The van der Waals surface area contributed by atoms with Gasteiger partial charge >= 0.3 is 0 Å². The Morgan fingerprint density at radius 2 is 1.64 bits per heavy atom. The van der Waals surface area contributed by atoms with Crippen LogP contribution in [-0.2, 0) is 0 Å². The zero-order chi connectivity index (χ0) is 17.8. The predicted octanol–water partition coefficient (Wildman–Crippen LogP) is 4.05. The van der Waals surface area contributed by atoms with Gasteiger partial charge in [-0.3, -0.25) is 0 Å². The topological polar surface area (TPSA) is 62.1 Å². The highest BCUT2D eigenvalue weighted by Crippen LogP contribution is 2.29. The highest BCUT2D eigenvalue weighted by molar-refractivity contribution is 9.10. The molecule has 0 bridgehead atoms. The van der Waals surface area contributed by atoms with Crippen LogP contribution in [0.5, 0.6) is 0 Å². The van der Waals surface area contributed by atoms with Crippen LogP contribution in [0.4, 0.5) is 5.82 Å². The molecule has 0 aliphatic rings. The molecule has 0 aliphatic heterocycles. The SMILES string of the molecule is CN(CCO)c1nc(-c2ccc(Br)cc2)nnc1-c1ccc(Cl)cc1. The second-order valence-corrected chi connectivity index (χ2v) is 6.82. The van der Waals surface area contributed by atoms with Gasteiger partial charge in [0, 0.05) is 34.2 Å². The number of aromatic nitrogens is 3. The van der Waals surface area contributed by atoms with Crippen LogP contribution in [0.3, 0.4) is 0 Å². The average molecular weight is 420 g/mol. The molecule has 0 unspecified atom stereocenters. The standard InChI is InChI=1S/C18H16BrClN4O/c1-24(10-11-25)18-16(12-4-8-15(20)9-5-12)22-23-17(21-18)13-2-6-14(19)7-3-13/h2-9,25H,10-11H2,1H3. The van der Waals surface area contributed by atoms with E-state index in [2.05, 4.69) is 31.1 Å². The van der Waals surface area contributed by atoms with Crippen molar-refractivity contribution in [3.8, 4) is 22.6 Å². The number of benzene rings is 2. The summed E-state index contributed by atoms with van der Waals surface area (Å²) < 4.78 is 0.986. The fourth-order valence-electron chi connectivity index (χ4n) is 2.36. The number of halogens is 2. The molecule has 5 nitrogen and oxygen atoms in total. The van der Waals surface area contributed by atoms with Crippen LogP contribution < -0.4 is 4.90 Å². The number of likely N-dealkylation sites (N-methyl/N-ethyl adjacent to an activating group) is 1. The normalized spacial score (nSPS) is 10.7. The lowest BCUT2D eigenvalue weighted by Gasteiger charge is -2.20. The lowest BCUT2D eigenvalue weighted by atomic mass is 10.1. The zero-order valence-electron chi connectivity index (χ0n) is 13.5. The minimum absolute atomic E-state index is 0.0220. The predicted molar refractivity (Wildman–Crippen MR) is 104 cm³/mol. The van der Waals surface area contributed by atoms with E-state index in [9.17, 15) is 5.11 Å². The van der Waals surface area contributed by atoms with Gasteiger partial charge in [-0.25, -0.2) is 4.98 Å². The summed E-state index contributed by atoms with van der Waals surface area (Å²) in [5, 5.41) is 18.6. The monoisotopic (exact) mass is 418 g/mol. The van der Waals surface area contributed by atoms with Crippen molar-refractivity contribution >= 4 is 33.3 Å². The number of aliphatic hydroxyl groups is 1. The third-order valence-corrected chi connectivity index (χ3v) is 4.47. The average Bonchev–Trinajstić information content (AvgIpc) is 2.63. The van der Waals surface area contributed by atoms with Gasteiger partial charge in [-0.2, -0.15) is 0 Å². The van der Waals surface area contributed by atoms with E-state index in [-0.39, 0.29) is 6.61 Å². The first kappa shape index (κ1) is 17.8. The maximum atomic E-state index is 9.28. The van der Waals surface area contributed by atoms with Gasteiger partial charge in [-0.05, 0) is 24.3 Å². The van der Waals surface area contributed by atoms with E-state index in [1.807, 2.05) is 48.3 Å². The van der Waals surface area contributed by atoms with Crippen molar-refractivity contribution in [3.63, 3.8) is 0 Å². The van der Waals surface area contributed by atoms with E-state index < -0.39 is 0 Å². The molecule has 0 fully saturated rings. The van der Waals surface area contributed by atoms with Crippen molar-refractivity contribution in [2.24, 2.45) is 0 Å². The molecule has 25 heavy (non-hydrogen) atoms. The molecule has 3 aromatic rings. The summed E-state index contributed by atoms with van der Waals surface area (Å²) in [5.41, 5.74) is 2.39. The molecule has 2 aromatic carbocycles. The van der Waals surface area contributed by atoms with E-state index in [1.165, 1.54) is 0 Å². The first-order valence-corrected chi connectivity index (χ1v) is 8.84. The minimum Gasteiger partial charge on any atom is -0.395 e. The number of nitrogens with zero attached hydrogens (tertiary/aromatic N) is 4. The lowest BCUT2D eigenvalue weighted by molar-refractivity contribution is 0.304. The van der Waals surface area contributed by atoms with Crippen LogP contribution in [0.2, 0.25) is 5.02 Å². The summed E-state index contributed by atoms with van der Waals surface area (Å²) in [6.07, 6.45) is 0. The van der Waals surface area contributed by atoms with Crippen LogP contribution in [0.1, 0.15) is 0 Å². The smallest absolute Gasteiger partial charge is 0.183 e. The van der Waals surface area contributed by atoms with E-state index in [0.717, 1.165) is 15.6 Å². The van der Waals surface area contributed by atoms with Gasteiger partial charge in [0.05, 0.1) is 6.61 Å². The Hall–Kier alpha value is -2.02. The van der Waals surface area contributed by atoms with E-state index in [1.54, 1.807) is 12.1 Å². The van der Waals surface area contributed by atoms with Crippen LogP contribution >= 0.6 is 27.5 Å². The summed E-state index contributed by atoms with van der Waals surface area (Å²) in [6, 6.07) is 15.1. The molecule has 3 rings (SSSR count). The number of hydrogen-bond donors (Lipinski definition) is 1. The van der Waals surface area contributed by atoms with Crippen LogP contribution in [-0.4, -0.2) is 40.5 Å². The Morgan fingerprint density at radius 3 is 2.28 bits per heavy atom. The molecule has 0 aliphatic carbocycles. The first-order valence-electron chi connectivity index (χ1n) is 7.67. The second kappa shape index (κ2) is 7.91. The summed E-state index contributed by atoms with van der Waals surface area (Å²) in [4.78, 5) is 6.54. The van der Waals surface area contributed by atoms with Gasteiger partial charge in [0.15, 0.2) is 11.6 Å². The Bertz CT molecular complexity index is 856. The Morgan fingerprint density at radius 1 is 1.00 bits per heavy atom. The lowest BCUT2D eigenvalue weighted by Crippen LogP contribution is -2.24. The van der Waals surface area contributed by atoms with E-state index in [0.29, 0.717) is 28.9 Å². The molecule has 1 aromatic heterocycles. The Kier molecular flexibility index (Phi) is 5.63. The summed E-state index contributed by atoms with van der Waals surface area (Å²) in [5.74, 6) is 1.19. The fraction of sp³-hybridized carbons (Fsp3) is 0.167. The minimum atomic E-state index is 0.0220. The van der Waals surface area contributed by atoms with Crippen LogP contribution in [0.15, 0.2) is 53.0 Å². The molecule has 0 spiro atoms. The third-order valence-electron chi connectivity index (χ3n) is 3.69. The summed E-state index contributed by atoms with van der Waals surface area (Å²) in [7, 11) is 1.87. The van der Waals surface area contributed by atoms with Crippen LogP contribution in [0.25, 0.3) is 22.6 Å². The maximum absolute atomic E-state index is 9.28. The number of hydrogen-bond acceptors (Lipinski definition) is 5. The zero-order valence-corrected chi connectivity index (χ0v) is 15.9. The largest absolute Gasteiger partial charge is 0.395 e. The molecular weight excluding hydrogens is 404 g/mol. The molecule has 0 amide bonds. The first-order chi connectivity index (χ1) is 12.1. The molecule has 0 radical (unpaired) electrons. The van der Waals surface area contributed by atoms with Crippen molar-refractivity contribution in [2.45, 2.75) is 0 Å². The maximum Gasteiger partial charge on any atom is 0.183 e. The highest BCUT2D eigenvalue weighted by Gasteiger charge is 2.16. The number of anilines is 1. The van der Waals surface area contributed by atoms with E-state index in [4.69, 9.17) is 11.6 Å². The van der Waals surface area contributed by atoms with E-state index >= 15 is 0 Å². The molecule has 0 saturated heterocycles. The van der Waals surface area contributed by atoms with Gasteiger partial charge in [0.25, 0.3) is 0 Å². The van der Waals surface area contributed by atoms with Gasteiger partial charge in [0.1, 0.15) is 5.69 Å². The van der Waals surface area contributed by atoms with Crippen molar-refractivity contribution in [1.82, 2.24) is 15.2 Å². The number of rotatable bonds is 5. The van der Waals surface area contributed by atoms with Crippen molar-refractivity contribution in [3.05, 3.63) is 58.0 Å². The molecule has 0 atom stereocenters. The Labute approximate surface area is 159 Å². The fourth-order valence-corrected chi connectivity index (χ4v) is 2.75. The number of aliphatic hydroxyl groups excluding tert-OH is 1. The molecule has 1 heterocycles. The van der Waals surface area contributed by atoms with Crippen molar-refractivity contribution in [2.75, 3.05) is 25.1 Å². The summed E-state index contributed by atoms with van der Waals surface area (Å²) in [6.45, 7) is 0.466. The van der Waals surface area contributed by atoms with Crippen LogP contribution in [0, 0.1) is 0 Å². The van der Waals surface area contributed by atoms with Gasteiger partial charge in [-0.15, -0.1) is 10.2 Å².